The summed E-state index contributed by atoms with van der Waals surface area (Å²) in [6.07, 6.45) is 3.16. The maximum atomic E-state index is 11.9. The van der Waals surface area contributed by atoms with Crippen molar-refractivity contribution in [2.75, 3.05) is 6.54 Å². The summed E-state index contributed by atoms with van der Waals surface area (Å²) in [6.45, 7) is 10.2. The van der Waals surface area contributed by atoms with Gasteiger partial charge >= 0.3 is 6.09 Å². The average molecular weight is 298 g/mol. The molecule has 2 N–H and O–H groups in total. The highest BCUT2D eigenvalue weighted by atomic mass is 16.6. The van der Waals surface area contributed by atoms with Crippen LogP contribution in [0.15, 0.2) is 0 Å². The van der Waals surface area contributed by atoms with Gasteiger partial charge in [-0.1, -0.05) is 13.8 Å². The number of nitrogens with one attached hydrogen (secondary N) is 2. The fraction of sp³-hybridized carbons (Fsp3) is 0.875. The summed E-state index contributed by atoms with van der Waals surface area (Å²) in [4.78, 5) is 23.3. The Balaban J connectivity index is 2.21. The van der Waals surface area contributed by atoms with E-state index >= 15 is 0 Å². The first-order valence-corrected chi connectivity index (χ1v) is 7.92. The third kappa shape index (κ3) is 7.93. The maximum absolute atomic E-state index is 11.9. The molecule has 1 aliphatic rings. The first-order valence-electron chi connectivity index (χ1n) is 7.92. The number of hydrogen-bond acceptors (Lipinski definition) is 3. The van der Waals surface area contributed by atoms with E-state index in [1.807, 2.05) is 20.8 Å². The van der Waals surface area contributed by atoms with Crippen molar-refractivity contribution in [3.8, 4) is 0 Å². The molecule has 2 atom stereocenters. The summed E-state index contributed by atoms with van der Waals surface area (Å²) < 4.78 is 5.12. The molecule has 0 aliphatic heterocycles. The van der Waals surface area contributed by atoms with Gasteiger partial charge in [-0.3, -0.25) is 4.79 Å². The molecule has 0 saturated heterocycles. The summed E-state index contributed by atoms with van der Waals surface area (Å²) in [5.74, 6) is 1.33. The smallest absolute Gasteiger partial charge is 0.407 e. The van der Waals surface area contributed by atoms with Crippen LogP contribution in [0.1, 0.15) is 60.3 Å². The molecule has 2 unspecified atom stereocenters. The van der Waals surface area contributed by atoms with Gasteiger partial charge in [0.25, 0.3) is 0 Å². The van der Waals surface area contributed by atoms with Crippen LogP contribution in [0.25, 0.3) is 0 Å². The minimum Gasteiger partial charge on any atom is -0.444 e. The summed E-state index contributed by atoms with van der Waals surface area (Å²) in [6, 6.07) is 0.276. The van der Waals surface area contributed by atoms with E-state index in [0.717, 1.165) is 12.8 Å². The molecule has 2 amide bonds. The topological polar surface area (TPSA) is 67.4 Å². The van der Waals surface area contributed by atoms with E-state index in [4.69, 9.17) is 4.74 Å². The second kappa shape index (κ2) is 7.66. The van der Waals surface area contributed by atoms with Crippen molar-refractivity contribution in [3.63, 3.8) is 0 Å². The molecule has 1 fully saturated rings. The standard InChI is InChI=1S/C16H30N2O3/c1-11-8-12(2)10-13(9-11)18-14(19)6-7-17-15(20)21-16(3,4)5/h11-13H,6-10H2,1-5H3,(H,17,20)(H,18,19). The van der Waals surface area contributed by atoms with Gasteiger partial charge in [0.15, 0.2) is 0 Å². The van der Waals surface area contributed by atoms with E-state index in [1.54, 1.807) is 0 Å². The molecule has 5 nitrogen and oxygen atoms in total. The van der Waals surface area contributed by atoms with Crippen LogP contribution < -0.4 is 10.6 Å². The fourth-order valence-electron chi connectivity index (χ4n) is 2.96. The third-order valence-electron chi connectivity index (χ3n) is 3.56. The van der Waals surface area contributed by atoms with E-state index in [2.05, 4.69) is 24.5 Å². The zero-order chi connectivity index (χ0) is 16.0. The largest absolute Gasteiger partial charge is 0.444 e. The van der Waals surface area contributed by atoms with Crippen molar-refractivity contribution in [2.24, 2.45) is 11.8 Å². The number of amides is 2. The Hall–Kier alpha value is -1.26. The van der Waals surface area contributed by atoms with Crippen LogP contribution in [0.3, 0.4) is 0 Å². The monoisotopic (exact) mass is 298 g/mol. The zero-order valence-corrected chi connectivity index (χ0v) is 14.0. The highest BCUT2D eigenvalue weighted by Crippen LogP contribution is 2.28. The molecule has 5 heteroatoms. The van der Waals surface area contributed by atoms with Gasteiger partial charge in [-0.25, -0.2) is 4.79 Å². The third-order valence-corrected chi connectivity index (χ3v) is 3.56. The van der Waals surface area contributed by atoms with Gasteiger partial charge < -0.3 is 15.4 Å². The molecule has 1 saturated carbocycles. The molecule has 0 spiro atoms. The maximum Gasteiger partial charge on any atom is 0.407 e. The van der Waals surface area contributed by atoms with Crippen molar-refractivity contribution < 1.29 is 14.3 Å². The Kier molecular flexibility index (Phi) is 6.49. The molecule has 1 rings (SSSR count). The van der Waals surface area contributed by atoms with Crippen LogP contribution in [-0.2, 0) is 9.53 Å². The molecule has 1 aliphatic carbocycles. The lowest BCUT2D eigenvalue weighted by Gasteiger charge is -2.32. The van der Waals surface area contributed by atoms with Gasteiger partial charge in [0.1, 0.15) is 5.60 Å². The van der Waals surface area contributed by atoms with Crippen LogP contribution in [0, 0.1) is 11.8 Å². The summed E-state index contributed by atoms with van der Waals surface area (Å²) >= 11 is 0. The van der Waals surface area contributed by atoms with Crippen molar-refractivity contribution in [3.05, 3.63) is 0 Å². The quantitative estimate of drug-likeness (QED) is 0.838. The van der Waals surface area contributed by atoms with E-state index in [-0.39, 0.29) is 11.9 Å². The number of rotatable bonds is 4. The molecular formula is C16H30N2O3. The Bertz CT molecular complexity index is 353. The van der Waals surface area contributed by atoms with E-state index in [9.17, 15) is 9.59 Å². The first kappa shape index (κ1) is 17.8. The molecule has 0 radical (unpaired) electrons. The average Bonchev–Trinajstić information content (AvgIpc) is 2.24. The Morgan fingerprint density at radius 2 is 1.67 bits per heavy atom. The second-order valence-corrected chi connectivity index (χ2v) is 7.36. The number of hydrogen-bond donors (Lipinski definition) is 2. The Labute approximate surface area is 128 Å². The van der Waals surface area contributed by atoms with Crippen molar-refractivity contribution in [1.29, 1.82) is 0 Å². The van der Waals surface area contributed by atoms with Crippen molar-refractivity contribution in [1.82, 2.24) is 10.6 Å². The van der Waals surface area contributed by atoms with Crippen LogP contribution in [-0.4, -0.2) is 30.2 Å². The zero-order valence-electron chi connectivity index (χ0n) is 14.0. The highest BCUT2D eigenvalue weighted by Gasteiger charge is 2.25. The fourth-order valence-corrected chi connectivity index (χ4v) is 2.96. The first-order chi connectivity index (χ1) is 9.65. The normalized spacial score (nSPS) is 26.0. The number of carbonyl (C=O) groups excluding carboxylic acids is 2. The van der Waals surface area contributed by atoms with Crippen LogP contribution in [0.5, 0.6) is 0 Å². The summed E-state index contributed by atoms with van der Waals surface area (Å²) in [5, 5.41) is 5.67. The second-order valence-electron chi connectivity index (χ2n) is 7.36. The molecule has 122 valence electrons. The lowest BCUT2D eigenvalue weighted by atomic mass is 9.80. The van der Waals surface area contributed by atoms with Gasteiger partial charge in [0.05, 0.1) is 0 Å². The van der Waals surface area contributed by atoms with E-state index in [1.165, 1.54) is 6.42 Å². The lowest BCUT2D eigenvalue weighted by molar-refractivity contribution is -0.122. The minimum atomic E-state index is -0.513. The van der Waals surface area contributed by atoms with Crippen molar-refractivity contribution >= 4 is 12.0 Å². The highest BCUT2D eigenvalue weighted by molar-refractivity contribution is 5.77. The number of carbonyl (C=O) groups is 2. The predicted molar refractivity (Wildman–Crippen MR) is 83.0 cm³/mol. The molecule has 21 heavy (non-hydrogen) atoms. The molecule has 0 heterocycles. The molecule has 0 aromatic rings. The summed E-state index contributed by atoms with van der Waals surface area (Å²) in [5.41, 5.74) is -0.513. The molecular weight excluding hydrogens is 268 g/mol. The SMILES string of the molecule is CC1CC(C)CC(NC(=O)CCNC(=O)OC(C)(C)C)C1. The number of ether oxygens (including phenoxy) is 1. The Morgan fingerprint density at radius 1 is 1.10 bits per heavy atom. The van der Waals surface area contributed by atoms with Gasteiger partial charge in [0, 0.05) is 19.0 Å². The molecule has 0 aromatic carbocycles. The van der Waals surface area contributed by atoms with Crippen molar-refractivity contribution in [2.45, 2.75) is 71.9 Å². The van der Waals surface area contributed by atoms with Gasteiger partial charge in [-0.2, -0.15) is 0 Å². The lowest BCUT2D eigenvalue weighted by Crippen LogP contribution is -2.41. The Morgan fingerprint density at radius 3 is 2.19 bits per heavy atom. The molecule has 0 aromatic heterocycles. The number of alkyl carbamates (subject to hydrolysis) is 1. The van der Waals surface area contributed by atoms with Crippen LogP contribution in [0.4, 0.5) is 4.79 Å². The van der Waals surface area contributed by atoms with Crippen LogP contribution in [0.2, 0.25) is 0 Å². The van der Waals surface area contributed by atoms with Gasteiger partial charge in [-0.15, -0.1) is 0 Å². The summed E-state index contributed by atoms with van der Waals surface area (Å²) in [7, 11) is 0. The van der Waals surface area contributed by atoms with Gasteiger partial charge in [0.2, 0.25) is 5.91 Å². The van der Waals surface area contributed by atoms with E-state index in [0.29, 0.717) is 24.8 Å². The van der Waals surface area contributed by atoms with Gasteiger partial charge in [-0.05, 0) is 51.9 Å². The van der Waals surface area contributed by atoms with Crippen LogP contribution >= 0.6 is 0 Å². The van der Waals surface area contributed by atoms with E-state index < -0.39 is 11.7 Å². The predicted octanol–water partition coefficient (Wildman–Crippen LogP) is 2.84. The molecule has 0 bridgehead atoms. The minimum absolute atomic E-state index is 0.00245.